The van der Waals surface area contributed by atoms with Crippen molar-refractivity contribution in [2.45, 2.75) is 25.9 Å². The molecule has 0 aliphatic heterocycles. The fraction of sp³-hybridized carbons (Fsp3) is 0.600. The lowest BCUT2D eigenvalue weighted by molar-refractivity contribution is -0.137. The van der Waals surface area contributed by atoms with Crippen molar-refractivity contribution in [1.29, 1.82) is 0 Å². The Bertz CT molecular complexity index is 338. The molecule has 0 spiro atoms. The number of carbonyl (C=O) groups excluding carboxylic acids is 1. The number of hydrogen-bond acceptors (Lipinski definition) is 4. The van der Waals surface area contributed by atoms with Crippen LogP contribution in [0, 0.1) is 0 Å². The zero-order valence-electron chi connectivity index (χ0n) is 10.4. The summed E-state index contributed by atoms with van der Waals surface area (Å²) in [5, 5.41) is 8.91. The molecular weight excluding hydrogens is 279 g/mol. The molecule has 0 bridgehead atoms. The van der Waals surface area contributed by atoms with Crippen molar-refractivity contribution < 1.29 is 9.90 Å². The van der Waals surface area contributed by atoms with Crippen molar-refractivity contribution in [1.82, 2.24) is 14.9 Å². The number of halogens is 2. The number of carbonyl (C=O) groups is 1. The molecule has 0 radical (unpaired) electrons. The van der Waals surface area contributed by atoms with Crippen LogP contribution in [0.1, 0.15) is 19.7 Å². The number of amides is 1. The van der Waals surface area contributed by atoms with Crippen LogP contribution in [-0.4, -0.2) is 44.6 Å². The molecule has 1 heterocycles. The van der Waals surface area contributed by atoms with Crippen LogP contribution in [0.2, 0.25) is 0 Å². The summed E-state index contributed by atoms with van der Waals surface area (Å²) >= 11 is 0. The van der Waals surface area contributed by atoms with E-state index < -0.39 is 5.54 Å². The van der Waals surface area contributed by atoms with Crippen LogP contribution < -0.4 is 5.73 Å². The van der Waals surface area contributed by atoms with Crippen LogP contribution in [0.4, 0.5) is 0 Å². The second-order valence-electron chi connectivity index (χ2n) is 4.21. The normalized spacial score (nSPS) is 10.2. The standard InChI is InChI=1S/C10H18N4O2.2ClH/c1-10(2,11)9(16)14(5-6-15)7-8-12-3-4-13-8;;/h3-4,15H,5-7,11H2,1-2H3,(H,12,13);2*1H. The lowest BCUT2D eigenvalue weighted by atomic mass is 10.1. The molecule has 0 aromatic carbocycles. The molecule has 0 aliphatic rings. The fourth-order valence-electron chi connectivity index (χ4n) is 1.35. The van der Waals surface area contributed by atoms with E-state index in [4.69, 9.17) is 10.8 Å². The number of hydrogen-bond donors (Lipinski definition) is 3. The molecule has 1 aromatic rings. The number of nitrogens with one attached hydrogen (secondary N) is 1. The molecule has 1 aromatic heterocycles. The molecule has 0 saturated heterocycles. The monoisotopic (exact) mass is 298 g/mol. The second kappa shape index (κ2) is 8.31. The molecule has 1 amide bonds. The summed E-state index contributed by atoms with van der Waals surface area (Å²) in [5.41, 5.74) is 4.79. The van der Waals surface area contributed by atoms with Crippen molar-refractivity contribution in [3.05, 3.63) is 18.2 Å². The van der Waals surface area contributed by atoms with Gasteiger partial charge in [0.2, 0.25) is 5.91 Å². The van der Waals surface area contributed by atoms with Gasteiger partial charge in [-0.1, -0.05) is 0 Å². The van der Waals surface area contributed by atoms with E-state index in [1.807, 2.05) is 0 Å². The van der Waals surface area contributed by atoms with E-state index in [0.717, 1.165) is 0 Å². The molecule has 18 heavy (non-hydrogen) atoms. The summed E-state index contributed by atoms with van der Waals surface area (Å²) in [6, 6.07) is 0. The van der Waals surface area contributed by atoms with Crippen LogP contribution in [-0.2, 0) is 11.3 Å². The number of aromatic amines is 1. The molecule has 6 nitrogen and oxygen atoms in total. The van der Waals surface area contributed by atoms with Crippen molar-refractivity contribution in [2.75, 3.05) is 13.2 Å². The maximum Gasteiger partial charge on any atom is 0.242 e. The van der Waals surface area contributed by atoms with Gasteiger partial charge in [0.25, 0.3) is 0 Å². The number of aliphatic hydroxyl groups excluding tert-OH is 1. The molecule has 1 rings (SSSR count). The van der Waals surface area contributed by atoms with E-state index in [0.29, 0.717) is 12.4 Å². The SMILES string of the molecule is CC(C)(N)C(=O)N(CCO)Cc1ncc[nH]1.Cl.Cl. The minimum atomic E-state index is -0.943. The molecule has 4 N–H and O–H groups in total. The first-order valence-electron chi connectivity index (χ1n) is 5.12. The first-order valence-corrected chi connectivity index (χ1v) is 5.12. The Morgan fingerprint density at radius 2 is 2.17 bits per heavy atom. The lowest BCUT2D eigenvalue weighted by Gasteiger charge is -2.28. The zero-order valence-corrected chi connectivity index (χ0v) is 12.1. The van der Waals surface area contributed by atoms with E-state index in [1.54, 1.807) is 26.2 Å². The van der Waals surface area contributed by atoms with E-state index >= 15 is 0 Å². The summed E-state index contributed by atoms with van der Waals surface area (Å²) in [5.74, 6) is 0.462. The Morgan fingerprint density at radius 1 is 1.56 bits per heavy atom. The summed E-state index contributed by atoms with van der Waals surface area (Å²) in [6.45, 7) is 3.76. The highest BCUT2D eigenvalue weighted by molar-refractivity contribution is 5.86. The average Bonchev–Trinajstić information content (AvgIpc) is 2.67. The van der Waals surface area contributed by atoms with Gasteiger partial charge in [0.1, 0.15) is 5.82 Å². The lowest BCUT2D eigenvalue weighted by Crippen LogP contribution is -2.51. The van der Waals surface area contributed by atoms with E-state index in [2.05, 4.69) is 9.97 Å². The summed E-state index contributed by atoms with van der Waals surface area (Å²) < 4.78 is 0. The number of H-pyrrole nitrogens is 1. The molecule has 8 heteroatoms. The van der Waals surface area contributed by atoms with Gasteiger partial charge >= 0.3 is 0 Å². The first-order chi connectivity index (χ1) is 7.45. The summed E-state index contributed by atoms with van der Waals surface area (Å²) in [6.07, 6.45) is 3.30. The van der Waals surface area contributed by atoms with Gasteiger partial charge in [-0.15, -0.1) is 24.8 Å². The van der Waals surface area contributed by atoms with Crippen LogP contribution in [0.15, 0.2) is 12.4 Å². The third-order valence-corrected chi connectivity index (χ3v) is 2.10. The van der Waals surface area contributed by atoms with E-state index in [9.17, 15) is 4.79 Å². The molecular formula is C10H20Cl2N4O2. The molecule has 0 unspecified atom stereocenters. The molecule has 0 saturated carbocycles. The molecule has 0 fully saturated rings. The van der Waals surface area contributed by atoms with Crippen LogP contribution >= 0.6 is 24.8 Å². The Morgan fingerprint density at radius 3 is 2.56 bits per heavy atom. The van der Waals surface area contributed by atoms with Crippen LogP contribution in [0.5, 0.6) is 0 Å². The third-order valence-electron chi connectivity index (χ3n) is 2.10. The number of aliphatic hydroxyl groups is 1. The Labute approximate surface area is 119 Å². The Kier molecular flexibility index (Phi) is 9.01. The van der Waals surface area contributed by atoms with Gasteiger partial charge in [-0.05, 0) is 13.8 Å². The van der Waals surface area contributed by atoms with Crippen molar-refractivity contribution in [2.24, 2.45) is 5.73 Å². The molecule has 0 atom stereocenters. The second-order valence-corrected chi connectivity index (χ2v) is 4.21. The smallest absolute Gasteiger partial charge is 0.242 e. The maximum atomic E-state index is 11.9. The average molecular weight is 299 g/mol. The maximum absolute atomic E-state index is 11.9. The summed E-state index contributed by atoms with van der Waals surface area (Å²) in [7, 11) is 0. The van der Waals surface area contributed by atoms with Crippen molar-refractivity contribution in [3.8, 4) is 0 Å². The van der Waals surface area contributed by atoms with Crippen LogP contribution in [0.25, 0.3) is 0 Å². The largest absolute Gasteiger partial charge is 0.395 e. The van der Waals surface area contributed by atoms with Gasteiger partial charge in [0, 0.05) is 18.9 Å². The molecule has 0 aliphatic carbocycles. The van der Waals surface area contributed by atoms with Gasteiger partial charge < -0.3 is 20.7 Å². The Hall–Kier alpha value is -0.820. The van der Waals surface area contributed by atoms with Gasteiger partial charge in [-0.3, -0.25) is 4.79 Å². The topological polar surface area (TPSA) is 95.2 Å². The third kappa shape index (κ3) is 5.68. The predicted molar refractivity (Wildman–Crippen MR) is 73.9 cm³/mol. The highest BCUT2D eigenvalue weighted by Crippen LogP contribution is 2.07. The highest BCUT2D eigenvalue weighted by atomic mass is 35.5. The van der Waals surface area contributed by atoms with Crippen molar-refractivity contribution >= 4 is 30.7 Å². The van der Waals surface area contributed by atoms with Gasteiger partial charge in [0.05, 0.1) is 18.7 Å². The van der Waals surface area contributed by atoms with Gasteiger partial charge in [-0.25, -0.2) is 4.98 Å². The highest BCUT2D eigenvalue weighted by Gasteiger charge is 2.27. The van der Waals surface area contributed by atoms with E-state index in [1.165, 1.54) is 4.90 Å². The summed E-state index contributed by atoms with van der Waals surface area (Å²) in [4.78, 5) is 20.3. The first kappa shape index (κ1) is 19.5. The van der Waals surface area contributed by atoms with Crippen LogP contribution in [0.3, 0.4) is 0 Å². The number of imidazole rings is 1. The van der Waals surface area contributed by atoms with E-state index in [-0.39, 0.29) is 43.9 Å². The van der Waals surface area contributed by atoms with Crippen molar-refractivity contribution in [3.63, 3.8) is 0 Å². The van der Waals surface area contributed by atoms with Gasteiger partial charge in [0.15, 0.2) is 0 Å². The molecule has 106 valence electrons. The van der Waals surface area contributed by atoms with Gasteiger partial charge in [-0.2, -0.15) is 0 Å². The Balaban J connectivity index is 0. The number of rotatable bonds is 5. The number of nitrogens with zero attached hydrogens (tertiary/aromatic N) is 2. The number of aromatic nitrogens is 2. The number of nitrogens with two attached hydrogens (primary N) is 1. The predicted octanol–water partition coefficient (Wildman–Crippen LogP) is 0.312. The fourth-order valence-corrected chi connectivity index (χ4v) is 1.35. The quantitative estimate of drug-likeness (QED) is 0.729. The minimum Gasteiger partial charge on any atom is -0.395 e. The zero-order chi connectivity index (χ0) is 12.2. The minimum absolute atomic E-state index is 0.